The Balaban J connectivity index is 2.14. The summed E-state index contributed by atoms with van der Waals surface area (Å²) in [5, 5.41) is 2.47. The summed E-state index contributed by atoms with van der Waals surface area (Å²) in [7, 11) is 0. The van der Waals surface area contributed by atoms with Crippen LogP contribution in [0.2, 0.25) is 5.02 Å². The van der Waals surface area contributed by atoms with Crippen molar-refractivity contribution in [2.45, 2.75) is 29.7 Å². The summed E-state index contributed by atoms with van der Waals surface area (Å²) in [4.78, 5) is 13.2. The van der Waals surface area contributed by atoms with Gasteiger partial charge in [0.1, 0.15) is 0 Å². The van der Waals surface area contributed by atoms with Crippen molar-refractivity contribution in [3.8, 4) is 0 Å². The van der Waals surface area contributed by atoms with Gasteiger partial charge in [0.05, 0.1) is 16.5 Å². The zero-order chi connectivity index (χ0) is 17.7. The Morgan fingerprint density at radius 2 is 1.79 bits per heavy atom. The Hall–Kier alpha value is -1.66. The molecule has 0 radical (unpaired) electrons. The van der Waals surface area contributed by atoms with Gasteiger partial charge >= 0.3 is 6.18 Å². The van der Waals surface area contributed by atoms with Crippen molar-refractivity contribution >= 4 is 35.0 Å². The van der Waals surface area contributed by atoms with Crippen LogP contribution in [0.1, 0.15) is 18.9 Å². The number of rotatable bonds is 5. The molecule has 1 atom stereocenters. The van der Waals surface area contributed by atoms with Gasteiger partial charge in [0.15, 0.2) is 0 Å². The Morgan fingerprint density at radius 3 is 2.38 bits per heavy atom. The highest BCUT2D eigenvalue weighted by Gasteiger charge is 2.34. The molecule has 0 saturated carbocycles. The number of thioether (sulfide) groups is 1. The molecule has 0 heterocycles. The predicted molar refractivity (Wildman–Crippen MR) is 91.5 cm³/mol. The van der Waals surface area contributed by atoms with E-state index in [2.05, 4.69) is 5.32 Å². The fourth-order valence-corrected chi connectivity index (χ4v) is 3.13. The highest BCUT2D eigenvalue weighted by atomic mass is 35.5. The van der Waals surface area contributed by atoms with E-state index < -0.39 is 22.9 Å². The number of alkyl halides is 3. The van der Waals surface area contributed by atoms with Crippen molar-refractivity contribution in [2.24, 2.45) is 0 Å². The number of hydrogen-bond donors (Lipinski definition) is 1. The van der Waals surface area contributed by atoms with Crippen LogP contribution in [-0.2, 0) is 11.0 Å². The molecule has 0 bridgehead atoms. The normalized spacial score (nSPS) is 12.7. The van der Waals surface area contributed by atoms with E-state index in [-0.39, 0.29) is 5.69 Å². The van der Waals surface area contributed by atoms with Crippen LogP contribution in [0.4, 0.5) is 18.9 Å². The van der Waals surface area contributed by atoms with Crippen LogP contribution in [0.15, 0.2) is 53.4 Å². The fraction of sp³-hybridized carbons (Fsp3) is 0.235. The molecule has 0 aliphatic heterocycles. The van der Waals surface area contributed by atoms with Crippen LogP contribution in [0.25, 0.3) is 0 Å². The smallest absolute Gasteiger partial charge is 0.325 e. The van der Waals surface area contributed by atoms with E-state index in [4.69, 9.17) is 11.6 Å². The molecule has 24 heavy (non-hydrogen) atoms. The van der Waals surface area contributed by atoms with Gasteiger partial charge in [0.2, 0.25) is 5.91 Å². The van der Waals surface area contributed by atoms with Gasteiger partial charge in [-0.05, 0) is 42.8 Å². The molecular weight excluding hydrogens is 359 g/mol. The molecule has 0 spiro atoms. The number of nitrogens with one attached hydrogen (secondary N) is 1. The number of para-hydroxylation sites is 1. The average Bonchev–Trinajstić information content (AvgIpc) is 2.53. The number of amides is 1. The van der Waals surface area contributed by atoms with Crippen molar-refractivity contribution in [3.05, 3.63) is 59.1 Å². The molecule has 0 aliphatic carbocycles. The van der Waals surface area contributed by atoms with Gasteiger partial charge in [-0.3, -0.25) is 4.79 Å². The number of anilines is 1. The fourth-order valence-electron chi connectivity index (χ4n) is 2.05. The zero-order valence-electron chi connectivity index (χ0n) is 12.7. The highest BCUT2D eigenvalue weighted by Crippen LogP contribution is 2.35. The molecule has 1 amide bonds. The summed E-state index contributed by atoms with van der Waals surface area (Å²) >= 11 is 7.10. The van der Waals surface area contributed by atoms with Gasteiger partial charge in [0, 0.05) is 9.92 Å². The lowest BCUT2D eigenvalue weighted by atomic mass is 10.1. The molecule has 2 nitrogen and oxygen atoms in total. The molecule has 1 N–H and O–H groups in total. The van der Waals surface area contributed by atoms with Crippen LogP contribution < -0.4 is 5.32 Å². The quantitative estimate of drug-likeness (QED) is 0.664. The second-order valence-electron chi connectivity index (χ2n) is 5.00. The summed E-state index contributed by atoms with van der Waals surface area (Å²) in [6, 6.07) is 11.9. The minimum Gasteiger partial charge on any atom is -0.325 e. The second-order valence-corrected chi connectivity index (χ2v) is 6.71. The van der Waals surface area contributed by atoms with E-state index in [0.29, 0.717) is 11.4 Å². The number of benzene rings is 2. The van der Waals surface area contributed by atoms with Crippen molar-refractivity contribution in [3.63, 3.8) is 0 Å². The number of hydrogen-bond acceptors (Lipinski definition) is 2. The Kier molecular flexibility index (Phi) is 6.18. The summed E-state index contributed by atoms with van der Waals surface area (Å²) in [6.45, 7) is 1.81. The lowest BCUT2D eigenvalue weighted by molar-refractivity contribution is -0.137. The zero-order valence-corrected chi connectivity index (χ0v) is 14.3. The maximum absolute atomic E-state index is 13.0. The highest BCUT2D eigenvalue weighted by molar-refractivity contribution is 8.00. The van der Waals surface area contributed by atoms with Gasteiger partial charge in [-0.25, -0.2) is 0 Å². The number of carbonyl (C=O) groups excluding carboxylic acids is 1. The minimum absolute atomic E-state index is 0.231. The summed E-state index contributed by atoms with van der Waals surface area (Å²) in [5.74, 6) is -0.464. The van der Waals surface area contributed by atoms with E-state index >= 15 is 0 Å². The van der Waals surface area contributed by atoms with Crippen molar-refractivity contribution < 1.29 is 18.0 Å². The van der Waals surface area contributed by atoms with Crippen LogP contribution in [0.3, 0.4) is 0 Å². The maximum atomic E-state index is 13.0. The molecule has 2 aromatic rings. The minimum atomic E-state index is -4.52. The van der Waals surface area contributed by atoms with Gasteiger partial charge in [-0.15, -0.1) is 11.8 Å². The SMILES string of the molecule is CC[C@@H](Sc1ccc(Cl)cc1)C(=O)Nc1ccccc1C(F)(F)F. The molecule has 0 aliphatic rings. The van der Waals surface area contributed by atoms with Gasteiger partial charge in [-0.1, -0.05) is 30.7 Å². The van der Waals surface area contributed by atoms with E-state index in [9.17, 15) is 18.0 Å². The molecular formula is C17H15ClF3NOS. The molecule has 7 heteroatoms. The second kappa shape index (κ2) is 7.94. The molecule has 2 aromatic carbocycles. The summed E-state index contributed by atoms with van der Waals surface area (Å²) in [5.41, 5.74) is -1.09. The van der Waals surface area contributed by atoms with E-state index in [1.165, 1.54) is 30.0 Å². The third-order valence-electron chi connectivity index (χ3n) is 3.25. The molecule has 2 rings (SSSR count). The number of halogens is 4. The van der Waals surface area contributed by atoms with Gasteiger partial charge in [-0.2, -0.15) is 13.2 Å². The molecule has 0 unspecified atom stereocenters. The lowest BCUT2D eigenvalue weighted by Crippen LogP contribution is -2.26. The van der Waals surface area contributed by atoms with Gasteiger partial charge < -0.3 is 5.32 Å². The molecule has 0 saturated heterocycles. The van der Waals surface area contributed by atoms with E-state index in [1.54, 1.807) is 24.3 Å². The molecule has 0 aromatic heterocycles. The first-order valence-corrected chi connectivity index (χ1v) is 8.46. The van der Waals surface area contributed by atoms with Crippen LogP contribution in [-0.4, -0.2) is 11.2 Å². The Labute approximate surface area is 147 Å². The average molecular weight is 374 g/mol. The topological polar surface area (TPSA) is 29.1 Å². The predicted octanol–water partition coefficient (Wildman–Crippen LogP) is 5.87. The van der Waals surface area contributed by atoms with Gasteiger partial charge in [0.25, 0.3) is 0 Å². The largest absolute Gasteiger partial charge is 0.418 e. The van der Waals surface area contributed by atoms with Crippen molar-refractivity contribution in [2.75, 3.05) is 5.32 Å². The maximum Gasteiger partial charge on any atom is 0.418 e. The summed E-state index contributed by atoms with van der Waals surface area (Å²) in [6.07, 6.45) is -4.04. The van der Waals surface area contributed by atoms with Crippen molar-refractivity contribution in [1.82, 2.24) is 0 Å². The Bertz CT molecular complexity index is 704. The van der Waals surface area contributed by atoms with E-state index in [0.717, 1.165) is 11.0 Å². The third-order valence-corrected chi connectivity index (χ3v) is 4.87. The first kappa shape index (κ1) is 18.7. The number of carbonyl (C=O) groups is 1. The van der Waals surface area contributed by atoms with E-state index in [1.807, 2.05) is 6.92 Å². The van der Waals surface area contributed by atoms with Crippen LogP contribution in [0.5, 0.6) is 0 Å². The monoisotopic (exact) mass is 373 g/mol. The van der Waals surface area contributed by atoms with Crippen LogP contribution in [0, 0.1) is 0 Å². The lowest BCUT2D eigenvalue weighted by Gasteiger charge is -2.17. The summed E-state index contributed by atoms with van der Waals surface area (Å²) < 4.78 is 39.0. The van der Waals surface area contributed by atoms with Crippen LogP contribution >= 0.6 is 23.4 Å². The standard InChI is InChI=1S/C17H15ClF3NOS/c1-2-15(24-12-9-7-11(18)8-10-12)16(23)22-14-6-4-3-5-13(14)17(19,20)21/h3-10,15H,2H2,1H3,(H,22,23)/t15-/m1/s1. The first-order chi connectivity index (χ1) is 11.3. The van der Waals surface area contributed by atoms with Crippen molar-refractivity contribution in [1.29, 1.82) is 0 Å². The molecule has 0 fully saturated rings. The Morgan fingerprint density at radius 1 is 1.17 bits per heavy atom. The third kappa shape index (κ3) is 4.92. The first-order valence-electron chi connectivity index (χ1n) is 7.20. The molecule has 128 valence electrons.